The van der Waals surface area contributed by atoms with Gasteiger partial charge in [0.25, 0.3) is 0 Å². The molecule has 2 aromatic rings. The number of hydrogen-bond donors (Lipinski definition) is 1. The second kappa shape index (κ2) is 10.2. The minimum atomic E-state index is -1.14. The molecule has 0 saturated carbocycles. The first-order valence-corrected chi connectivity index (χ1v) is 16.5. The lowest BCUT2D eigenvalue weighted by atomic mass is 9.55. The normalized spacial score (nSPS) is 33.1. The van der Waals surface area contributed by atoms with Gasteiger partial charge in [-0.15, -0.1) is 0 Å². The summed E-state index contributed by atoms with van der Waals surface area (Å²) in [5.41, 5.74) is 10.4. The van der Waals surface area contributed by atoms with Crippen molar-refractivity contribution in [2.45, 2.75) is 74.1 Å². The van der Waals surface area contributed by atoms with Crippen LogP contribution in [0.1, 0.15) is 52.4 Å². The van der Waals surface area contributed by atoms with E-state index in [4.69, 9.17) is 34.2 Å². The number of nitrogens with zero attached hydrogens (tertiary/aromatic N) is 3. The monoisotopic (exact) mass is 648 g/mol. The second-order valence-corrected chi connectivity index (χ2v) is 14.1. The first-order valence-electron chi connectivity index (χ1n) is 15.4. The van der Waals surface area contributed by atoms with Gasteiger partial charge in [0.1, 0.15) is 11.8 Å². The van der Waals surface area contributed by atoms with Crippen LogP contribution in [0.15, 0.2) is 6.07 Å². The Morgan fingerprint density at radius 3 is 2.65 bits per heavy atom. The maximum Gasteiger partial charge on any atom is 0.308 e. The molecule has 46 heavy (non-hydrogen) atoms. The number of thioether (sulfide) groups is 1. The number of fused-ring (bicyclic) bond motifs is 12. The highest BCUT2D eigenvalue weighted by molar-refractivity contribution is 8.00. The SMILES string of the molecule is COCOc1c(OC)c(C)cc2c1[C@H]1[C@@H]3[C@@H]4SC[C@H](N)C(=O)[C@@]45c4c(OC(C)=O)c(C)c6c(c4[C@@H]5N3[C@@H](C#N)[C@H](C2)N1C)OCO6. The van der Waals surface area contributed by atoms with Crippen molar-refractivity contribution in [2.24, 2.45) is 5.73 Å². The number of esters is 1. The number of carbonyl (C=O) groups is 2. The number of hydrogen-bond acceptors (Lipinski definition) is 13. The van der Waals surface area contributed by atoms with E-state index >= 15 is 0 Å². The van der Waals surface area contributed by atoms with E-state index < -0.39 is 29.5 Å². The smallest absolute Gasteiger partial charge is 0.308 e. The van der Waals surface area contributed by atoms with Crippen LogP contribution in [0.3, 0.4) is 0 Å². The first-order chi connectivity index (χ1) is 22.1. The second-order valence-electron chi connectivity index (χ2n) is 13.0. The number of nitrogens with two attached hydrogens (primary N) is 1. The summed E-state index contributed by atoms with van der Waals surface area (Å²) in [5, 5.41) is 10.6. The number of benzene rings is 2. The third-order valence-corrected chi connectivity index (χ3v) is 12.5. The molecule has 0 aromatic heterocycles. The Morgan fingerprint density at radius 2 is 1.96 bits per heavy atom. The van der Waals surface area contributed by atoms with Crippen molar-refractivity contribution in [1.82, 2.24) is 9.80 Å². The van der Waals surface area contributed by atoms with Gasteiger partial charge in [0, 0.05) is 59.4 Å². The maximum atomic E-state index is 14.8. The number of ether oxygens (including phenoxy) is 6. The lowest BCUT2D eigenvalue weighted by molar-refractivity contribution is -0.133. The predicted octanol–water partition coefficient (Wildman–Crippen LogP) is 2.44. The van der Waals surface area contributed by atoms with Crippen molar-refractivity contribution in [3.8, 4) is 34.8 Å². The highest BCUT2D eigenvalue weighted by Crippen LogP contribution is 2.75. The molecule has 1 spiro atoms. The van der Waals surface area contributed by atoms with Gasteiger partial charge in [0.05, 0.1) is 36.7 Å². The Kier molecular flexibility index (Phi) is 6.63. The van der Waals surface area contributed by atoms with Crippen LogP contribution in [0, 0.1) is 25.2 Å². The molecule has 0 radical (unpaired) electrons. The largest absolute Gasteiger partial charge is 0.493 e. The molecule has 8 atom stereocenters. The molecule has 242 valence electrons. The van der Waals surface area contributed by atoms with Gasteiger partial charge < -0.3 is 34.2 Å². The van der Waals surface area contributed by atoms with E-state index in [0.717, 1.165) is 22.3 Å². The zero-order valence-electron chi connectivity index (χ0n) is 26.5. The lowest BCUT2D eigenvalue weighted by Crippen LogP contribution is -2.65. The Labute approximate surface area is 270 Å². The summed E-state index contributed by atoms with van der Waals surface area (Å²) < 4.78 is 35.5. The van der Waals surface area contributed by atoms with Crippen LogP contribution in [0.5, 0.6) is 28.7 Å². The number of carbonyl (C=O) groups excluding carboxylic acids is 2. The number of nitriles is 1. The topological polar surface area (TPSA) is 146 Å². The van der Waals surface area contributed by atoms with Gasteiger partial charge in [-0.05, 0) is 38.4 Å². The minimum Gasteiger partial charge on any atom is -0.493 e. The standard InChI is InChI=1S/C33H36N4O8S/c1-13-7-16-8-18-19(9-34)37-24(23(36(18)4)20(16)28(25(13)41-6)42-11-40-5)32-33(31(39)17(35)10-46-32)22-21(30(33)37)29-27(43-12-44-29)14(2)26(22)45-15(3)38/h7,17-19,23-24,30,32H,8,10-12,35H2,1-6H3/t17-,18-,19-,23-,24+,30-,32-,33-/m0/s1. The van der Waals surface area contributed by atoms with E-state index in [9.17, 15) is 14.9 Å². The highest BCUT2D eigenvalue weighted by Gasteiger charge is 2.78. The Balaban J connectivity index is 1.42. The summed E-state index contributed by atoms with van der Waals surface area (Å²) in [6, 6.07) is 2.17. The third kappa shape index (κ3) is 3.43. The number of rotatable bonds is 5. The van der Waals surface area contributed by atoms with Crippen molar-refractivity contribution in [2.75, 3.05) is 40.6 Å². The lowest BCUT2D eigenvalue weighted by Gasteiger charge is -2.56. The van der Waals surface area contributed by atoms with Crippen molar-refractivity contribution in [3.63, 3.8) is 0 Å². The molecule has 3 saturated heterocycles. The molecule has 1 aliphatic carbocycles. The number of methoxy groups -OCH3 is 2. The number of aryl methyl sites for hydroxylation is 1. The molecule has 8 rings (SSSR count). The molecule has 13 heteroatoms. The zero-order chi connectivity index (χ0) is 32.4. The molecule has 5 aliphatic heterocycles. The molecular formula is C33H36N4O8S. The van der Waals surface area contributed by atoms with Crippen molar-refractivity contribution >= 4 is 23.5 Å². The fraction of sp³-hybridized carbons (Fsp3) is 0.545. The summed E-state index contributed by atoms with van der Waals surface area (Å²) >= 11 is 1.65. The van der Waals surface area contributed by atoms with E-state index in [-0.39, 0.29) is 42.7 Å². The summed E-state index contributed by atoms with van der Waals surface area (Å²) in [4.78, 5) is 31.8. The summed E-state index contributed by atoms with van der Waals surface area (Å²) in [5.74, 6) is 2.40. The fourth-order valence-corrected chi connectivity index (χ4v) is 11.1. The molecule has 0 amide bonds. The molecular weight excluding hydrogens is 612 g/mol. The van der Waals surface area contributed by atoms with Gasteiger partial charge in [0.2, 0.25) is 6.79 Å². The molecule has 5 heterocycles. The van der Waals surface area contributed by atoms with E-state index in [0.29, 0.717) is 52.0 Å². The summed E-state index contributed by atoms with van der Waals surface area (Å²) in [7, 11) is 5.26. The number of piperazine rings is 1. The van der Waals surface area contributed by atoms with Crippen molar-refractivity contribution in [1.29, 1.82) is 5.26 Å². The van der Waals surface area contributed by atoms with Gasteiger partial charge in [-0.25, -0.2) is 0 Å². The van der Waals surface area contributed by atoms with Crippen LogP contribution >= 0.6 is 11.8 Å². The van der Waals surface area contributed by atoms with Crippen LogP contribution in [0.25, 0.3) is 0 Å². The molecule has 12 nitrogen and oxygen atoms in total. The van der Waals surface area contributed by atoms with E-state index in [2.05, 4.69) is 29.0 Å². The molecule has 2 N–H and O–H groups in total. The molecule has 0 unspecified atom stereocenters. The third-order valence-electron chi connectivity index (χ3n) is 10.9. The Bertz CT molecular complexity index is 1760. The van der Waals surface area contributed by atoms with Crippen molar-refractivity contribution < 1.29 is 38.0 Å². The van der Waals surface area contributed by atoms with Crippen LogP contribution < -0.4 is 29.4 Å². The Hall–Kier alpha value is -3.54. The summed E-state index contributed by atoms with van der Waals surface area (Å²) in [6.07, 6.45) is 0.597. The first kappa shape index (κ1) is 29.8. The Morgan fingerprint density at radius 1 is 1.20 bits per heavy atom. The van der Waals surface area contributed by atoms with E-state index in [1.807, 2.05) is 13.8 Å². The fourth-order valence-electron chi connectivity index (χ4n) is 9.42. The molecule has 2 aromatic carbocycles. The van der Waals surface area contributed by atoms with Gasteiger partial charge in [0.15, 0.2) is 35.6 Å². The van der Waals surface area contributed by atoms with Crippen molar-refractivity contribution in [3.05, 3.63) is 39.4 Å². The van der Waals surface area contributed by atoms with Gasteiger partial charge >= 0.3 is 5.97 Å². The van der Waals surface area contributed by atoms with Gasteiger partial charge in [-0.1, -0.05) is 6.07 Å². The van der Waals surface area contributed by atoms with Crippen LogP contribution in [-0.4, -0.2) is 91.6 Å². The minimum absolute atomic E-state index is 0.00329. The van der Waals surface area contributed by atoms with Crippen LogP contribution in [-0.2, 0) is 26.2 Å². The van der Waals surface area contributed by atoms with E-state index in [1.54, 1.807) is 26.0 Å². The average Bonchev–Trinajstić information content (AvgIpc) is 3.58. The number of Topliss-reactive ketones (excluding diaryl/α,β-unsaturated/α-hetero) is 1. The molecule has 2 bridgehead atoms. The number of likely N-dealkylation sites (N-methyl/N-ethyl adjacent to an activating group) is 1. The predicted molar refractivity (Wildman–Crippen MR) is 166 cm³/mol. The average molecular weight is 649 g/mol. The highest BCUT2D eigenvalue weighted by atomic mass is 32.2. The number of ketones is 1. The summed E-state index contributed by atoms with van der Waals surface area (Å²) in [6.45, 7) is 5.18. The molecule has 3 fully saturated rings. The van der Waals surface area contributed by atoms with Gasteiger partial charge in [-0.2, -0.15) is 17.0 Å². The van der Waals surface area contributed by atoms with Gasteiger partial charge in [-0.3, -0.25) is 19.4 Å². The quantitative estimate of drug-likeness (QED) is 0.288. The van der Waals surface area contributed by atoms with Crippen LogP contribution in [0.2, 0.25) is 0 Å². The van der Waals surface area contributed by atoms with Crippen LogP contribution in [0.4, 0.5) is 0 Å². The van der Waals surface area contributed by atoms with E-state index in [1.165, 1.54) is 6.92 Å². The maximum absolute atomic E-state index is 14.8. The zero-order valence-corrected chi connectivity index (χ0v) is 27.4. The molecule has 6 aliphatic rings.